The Bertz CT molecular complexity index is 3290. The highest BCUT2D eigenvalue weighted by molar-refractivity contribution is 7.26. The van der Waals surface area contributed by atoms with E-state index in [9.17, 15) is 0 Å². The van der Waals surface area contributed by atoms with Gasteiger partial charge in [-0.25, -0.2) is 4.98 Å². The molecule has 0 bridgehead atoms. The molecule has 0 radical (unpaired) electrons. The summed E-state index contributed by atoms with van der Waals surface area (Å²) in [6, 6.07) is 51.3. The van der Waals surface area contributed by atoms with Crippen LogP contribution in [0, 0.1) is 0 Å². The molecule has 0 spiro atoms. The number of hydrogen-bond donors (Lipinski definition) is 0. The molecule has 0 fully saturated rings. The fraction of sp³-hybridized carbons (Fsp3) is 0.0625. The molecular weight excluding hydrogens is 665 g/mol. The van der Waals surface area contributed by atoms with Gasteiger partial charge in [0.2, 0.25) is 0 Å². The van der Waals surface area contributed by atoms with Gasteiger partial charge in [-0.05, 0) is 73.2 Å². The van der Waals surface area contributed by atoms with E-state index in [0.717, 1.165) is 17.9 Å². The van der Waals surface area contributed by atoms with Crippen LogP contribution in [0.1, 0.15) is 30.5 Å². The fourth-order valence-electron chi connectivity index (χ4n) is 9.23. The van der Waals surface area contributed by atoms with E-state index in [-0.39, 0.29) is 0 Å². The number of fused-ring (bicyclic) bond motifs is 12. The van der Waals surface area contributed by atoms with Crippen molar-refractivity contribution in [3.8, 4) is 17.2 Å². The Morgan fingerprint density at radius 2 is 1.09 bits per heavy atom. The minimum absolute atomic E-state index is 0.442. The van der Waals surface area contributed by atoms with E-state index in [4.69, 9.17) is 4.98 Å². The topological polar surface area (TPSA) is 27.7 Å². The molecule has 250 valence electrons. The van der Waals surface area contributed by atoms with E-state index >= 15 is 0 Å². The number of nitrogens with zero attached hydrogens (tertiary/aromatic N) is 4. The maximum atomic E-state index is 5.04. The Hall–Kier alpha value is -6.43. The Balaban J connectivity index is 1.07. The second-order valence-corrected chi connectivity index (χ2v) is 15.5. The molecule has 1 atom stereocenters. The van der Waals surface area contributed by atoms with Crippen molar-refractivity contribution in [1.29, 1.82) is 0 Å². The third-order valence-electron chi connectivity index (χ3n) is 11.5. The van der Waals surface area contributed by atoms with Crippen LogP contribution < -0.4 is 0 Å². The van der Waals surface area contributed by atoms with Gasteiger partial charge < -0.3 is 9.13 Å². The second kappa shape index (κ2) is 10.8. The summed E-state index contributed by atoms with van der Waals surface area (Å²) in [6.07, 6.45) is 7.68. The quantitative estimate of drug-likeness (QED) is 0.181. The molecule has 5 heterocycles. The van der Waals surface area contributed by atoms with Crippen molar-refractivity contribution in [3.05, 3.63) is 163 Å². The number of aromatic nitrogens is 4. The van der Waals surface area contributed by atoms with E-state index in [2.05, 4.69) is 172 Å². The Kier molecular flexibility index (Phi) is 5.94. The zero-order chi connectivity index (χ0) is 34.8. The first-order valence-corrected chi connectivity index (χ1v) is 19.2. The van der Waals surface area contributed by atoms with Gasteiger partial charge in [-0.15, -0.1) is 11.3 Å². The standard InChI is InChI=1S/C48H32N4S/c1-29-11-10-16-36-34-14-4-7-18-41(34)51(46(29)36)31-21-23-44-38(27-31)35-15-5-6-17-40(35)50(44)30-22-24-45-39(28-30)37-25-26-49-48(47(37)53-45)52-42-19-8-2-12-32(42)33-13-3-9-20-43(33)52/h2-10,12-29H,11H2,1H3. The molecule has 12 rings (SSSR count). The molecule has 6 aromatic carbocycles. The van der Waals surface area contributed by atoms with Crippen molar-refractivity contribution >= 4 is 92.1 Å². The number of para-hydroxylation sites is 4. The fourth-order valence-corrected chi connectivity index (χ4v) is 10.4. The van der Waals surface area contributed by atoms with Gasteiger partial charge in [-0.2, -0.15) is 0 Å². The number of allylic oxidation sites excluding steroid dienone is 1. The lowest BCUT2D eigenvalue weighted by atomic mass is 9.93. The summed E-state index contributed by atoms with van der Waals surface area (Å²) >= 11 is 1.83. The van der Waals surface area contributed by atoms with Crippen molar-refractivity contribution in [2.75, 3.05) is 0 Å². The predicted molar refractivity (Wildman–Crippen MR) is 225 cm³/mol. The predicted octanol–water partition coefficient (Wildman–Crippen LogP) is 13.1. The van der Waals surface area contributed by atoms with E-state index in [1.165, 1.54) is 91.6 Å². The van der Waals surface area contributed by atoms with E-state index in [1.54, 1.807) is 0 Å². The average Bonchev–Trinajstić information content (AvgIpc) is 3.94. The van der Waals surface area contributed by atoms with Crippen molar-refractivity contribution in [1.82, 2.24) is 18.7 Å². The zero-order valence-electron chi connectivity index (χ0n) is 29.0. The number of thiophene rings is 1. The van der Waals surface area contributed by atoms with Gasteiger partial charge in [0.15, 0.2) is 5.82 Å². The third kappa shape index (κ3) is 3.97. The highest BCUT2D eigenvalue weighted by Gasteiger charge is 2.24. The summed E-state index contributed by atoms with van der Waals surface area (Å²) in [6.45, 7) is 2.36. The molecule has 0 saturated heterocycles. The maximum Gasteiger partial charge on any atom is 0.155 e. The highest BCUT2D eigenvalue weighted by atomic mass is 32.1. The highest BCUT2D eigenvalue weighted by Crippen LogP contribution is 2.43. The molecule has 0 saturated carbocycles. The molecule has 0 aliphatic heterocycles. The molecule has 11 aromatic rings. The van der Waals surface area contributed by atoms with Gasteiger partial charge in [0.1, 0.15) is 0 Å². The third-order valence-corrected chi connectivity index (χ3v) is 12.7. The molecule has 0 amide bonds. The number of rotatable bonds is 3. The van der Waals surface area contributed by atoms with Gasteiger partial charge >= 0.3 is 0 Å². The summed E-state index contributed by atoms with van der Waals surface area (Å²) in [5.74, 6) is 1.42. The Labute approximate surface area is 309 Å². The first kappa shape index (κ1) is 29.2. The van der Waals surface area contributed by atoms with Crippen molar-refractivity contribution in [3.63, 3.8) is 0 Å². The Morgan fingerprint density at radius 1 is 0.528 bits per heavy atom. The Morgan fingerprint density at radius 3 is 1.83 bits per heavy atom. The molecule has 1 unspecified atom stereocenters. The molecule has 1 aliphatic rings. The lowest BCUT2D eigenvalue weighted by Crippen LogP contribution is -2.07. The van der Waals surface area contributed by atoms with Gasteiger partial charge in [-0.1, -0.05) is 91.9 Å². The zero-order valence-corrected chi connectivity index (χ0v) is 29.8. The lowest BCUT2D eigenvalue weighted by Gasteiger charge is -2.19. The van der Waals surface area contributed by atoms with Crippen LogP contribution in [0.3, 0.4) is 0 Å². The molecular formula is C48H32N4S. The monoisotopic (exact) mass is 696 g/mol. The van der Waals surface area contributed by atoms with Gasteiger partial charge in [-0.3, -0.25) is 4.57 Å². The SMILES string of the molecule is CC1CC=Cc2c1n(-c1ccc3c(c1)c1ccccc1n3-c1ccc3sc4c(-n5c6ccccc6c6ccccc65)nccc4c3c1)c1ccccc21. The number of pyridine rings is 1. The van der Waals surface area contributed by atoms with Crippen LogP contribution in [-0.2, 0) is 0 Å². The van der Waals surface area contributed by atoms with Crippen LogP contribution >= 0.6 is 11.3 Å². The maximum absolute atomic E-state index is 5.04. The lowest BCUT2D eigenvalue weighted by molar-refractivity contribution is 0.723. The van der Waals surface area contributed by atoms with Gasteiger partial charge in [0.25, 0.3) is 0 Å². The van der Waals surface area contributed by atoms with E-state index in [1.807, 2.05) is 17.5 Å². The summed E-state index contributed by atoms with van der Waals surface area (Å²) in [5.41, 5.74) is 11.2. The normalized spacial score (nSPS) is 14.5. The van der Waals surface area contributed by atoms with E-state index < -0.39 is 0 Å². The van der Waals surface area contributed by atoms with Crippen LogP contribution in [0.15, 0.2) is 152 Å². The summed E-state index contributed by atoms with van der Waals surface area (Å²) in [4.78, 5) is 5.04. The van der Waals surface area contributed by atoms with Gasteiger partial charge in [0, 0.05) is 77.2 Å². The van der Waals surface area contributed by atoms with Crippen LogP contribution in [0.2, 0.25) is 0 Å². The van der Waals surface area contributed by atoms with Crippen LogP contribution in [0.25, 0.3) is 98.0 Å². The van der Waals surface area contributed by atoms with Crippen LogP contribution in [0.4, 0.5) is 0 Å². The number of hydrogen-bond acceptors (Lipinski definition) is 2. The van der Waals surface area contributed by atoms with E-state index in [0.29, 0.717) is 5.92 Å². The van der Waals surface area contributed by atoms with Crippen LogP contribution in [-0.4, -0.2) is 18.7 Å². The number of benzene rings is 6. The first-order chi connectivity index (χ1) is 26.2. The molecule has 1 aliphatic carbocycles. The summed E-state index contributed by atoms with van der Waals surface area (Å²) in [5, 5.41) is 8.82. The first-order valence-electron chi connectivity index (χ1n) is 18.4. The summed E-state index contributed by atoms with van der Waals surface area (Å²) < 4.78 is 9.76. The molecule has 53 heavy (non-hydrogen) atoms. The van der Waals surface area contributed by atoms with Gasteiger partial charge in [0.05, 0.1) is 32.3 Å². The molecule has 5 aromatic heterocycles. The molecule has 4 nitrogen and oxygen atoms in total. The molecule has 0 N–H and O–H groups in total. The molecule has 5 heteroatoms. The minimum Gasteiger partial charge on any atom is -0.313 e. The smallest absolute Gasteiger partial charge is 0.155 e. The second-order valence-electron chi connectivity index (χ2n) is 14.4. The minimum atomic E-state index is 0.442. The van der Waals surface area contributed by atoms with Crippen molar-refractivity contribution < 1.29 is 0 Å². The van der Waals surface area contributed by atoms with Crippen molar-refractivity contribution in [2.24, 2.45) is 0 Å². The largest absolute Gasteiger partial charge is 0.313 e. The summed E-state index contributed by atoms with van der Waals surface area (Å²) in [7, 11) is 0. The van der Waals surface area contributed by atoms with Crippen LogP contribution in [0.5, 0.6) is 0 Å². The average molecular weight is 697 g/mol. The van der Waals surface area contributed by atoms with Crippen molar-refractivity contribution in [2.45, 2.75) is 19.3 Å².